The van der Waals surface area contributed by atoms with E-state index in [-0.39, 0.29) is 23.5 Å². The molecule has 1 amide bonds. The highest BCUT2D eigenvalue weighted by atomic mass is 32.2. The molecule has 7 nitrogen and oxygen atoms in total. The van der Waals surface area contributed by atoms with E-state index in [2.05, 4.69) is 10.0 Å². The largest absolute Gasteiger partial charge is 0.482 e. The highest BCUT2D eigenvalue weighted by molar-refractivity contribution is 7.89. The second kappa shape index (κ2) is 7.08. The maximum absolute atomic E-state index is 12.2. The number of amides is 1. The molecular weight excluding hydrogens is 308 g/mol. The second-order valence-corrected chi connectivity index (χ2v) is 6.93. The zero-order valence-corrected chi connectivity index (χ0v) is 13.4. The van der Waals surface area contributed by atoms with Gasteiger partial charge in [0.25, 0.3) is 5.91 Å². The number of hydrogen-bond acceptors (Lipinski definition) is 5. The summed E-state index contributed by atoms with van der Waals surface area (Å²) in [6.07, 6.45) is 0.721. The number of fused-ring (bicyclic) bond motifs is 1. The summed E-state index contributed by atoms with van der Waals surface area (Å²) in [6.45, 7) is 4.53. The van der Waals surface area contributed by atoms with Crippen LogP contribution in [0.4, 0.5) is 5.69 Å². The first-order valence-electron chi connectivity index (χ1n) is 7.06. The van der Waals surface area contributed by atoms with E-state index in [1.54, 1.807) is 0 Å². The summed E-state index contributed by atoms with van der Waals surface area (Å²) >= 11 is 0. The van der Waals surface area contributed by atoms with Gasteiger partial charge in [-0.05, 0) is 32.4 Å². The maximum Gasteiger partial charge on any atom is 0.262 e. The highest BCUT2D eigenvalue weighted by Crippen LogP contribution is 2.30. The van der Waals surface area contributed by atoms with Gasteiger partial charge in [-0.3, -0.25) is 4.79 Å². The second-order valence-electron chi connectivity index (χ2n) is 5.17. The van der Waals surface area contributed by atoms with Gasteiger partial charge in [-0.1, -0.05) is 0 Å². The number of ether oxygens (including phenoxy) is 2. The fourth-order valence-corrected chi connectivity index (χ4v) is 2.99. The van der Waals surface area contributed by atoms with Crippen LogP contribution < -0.4 is 14.8 Å². The lowest BCUT2D eigenvalue weighted by molar-refractivity contribution is -0.118. The number of carbonyl (C=O) groups excluding carboxylic acids is 1. The first kappa shape index (κ1) is 16.7. The fraction of sp³-hybridized carbons (Fsp3) is 0.500. The van der Waals surface area contributed by atoms with E-state index in [1.165, 1.54) is 18.2 Å². The number of benzene rings is 1. The molecule has 0 atom stereocenters. The number of anilines is 1. The van der Waals surface area contributed by atoms with E-state index in [4.69, 9.17) is 9.47 Å². The van der Waals surface area contributed by atoms with Gasteiger partial charge in [0.15, 0.2) is 6.61 Å². The molecule has 1 aliphatic heterocycles. The van der Waals surface area contributed by atoms with Gasteiger partial charge in [0.2, 0.25) is 10.0 Å². The van der Waals surface area contributed by atoms with E-state index in [0.29, 0.717) is 31.0 Å². The van der Waals surface area contributed by atoms with Crippen LogP contribution in [0.5, 0.6) is 5.75 Å². The minimum Gasteiger partial charge on any atom is -0.482 e. The first-order valence-corrected chi connectivity index (χ1v) is 8.55. The highest BCUT2D eigenvalue weighted by Gasteiger charge is 2.20. The molecular formula is C14H20N2O5S. The number of sulfonamides is 1. The van der Waals surface area contributed by atoms with Crippen molar-refractivity contribution in [2.45, 2.75) is 31.3 Å². The Morgan fingerprint density at radius 3 is 2.91 bits per heavy atom. The van der Waals surface area contributed by atoms with Crippen LogP contribution in [0.15, 0.2) is 23.1 Å². The predicted octanol–water partition coefficient (Wildman–Crippen LogP) is 1.11. The minimum absolute atomic E-state index is 0.104. The van der Waals surface area contributed by atoms with Gasteiger partial charge in [0, 0.05) is 19.2 Å². The third-order valence-electron chi connectivity index (χ3n) is 2.96. The van der Waals surface area contributed by atoms with Crippen LogP contribution in [0.2, 0.25) is 0 Å². The Balaban J connectivity index is 1.96. The maximum atomic E-state index is 12.2. The molecule has 8 heteroatoms. The van der Waals surface area contributed by atoms with Gasteiger partial charge < -0.3 is 14.8 Å². The van der Waals surface area contributed by atoms with Crippen molar-refractivity contribution in [1.82, 2.24) is 4.72 Å². The van der Waals surface area contributed by atoms with Crippen molar-refractivity contribution < 1.29 is 22.7 Å². The summed E-state index contributed by atoms with van der Waals surface area (Å²) in [4.78, 5) is 11.3. The fourth-order valence-electron chi connectivity index (χ4n) is 1.90. The monoisotopic (exact) mass is 328 g/mol. The predicted molar refractivity (Wildman–Crippen MR) is 81.5 cm³/mol. The van der Waals surface area contributed by atoms with Crippen molar-refractivity contribution in [2.24, 2.45) is 0 Å². The Hall–Kier alpha value is -1.64. The molecule has 0 saturated carbocycles. The van der Waals surface area contributed by atoms with Crippen LogP contribution in [-0.4, -0.2) is 40.2 Å². The number of nitrogens with one attached hydrogen (secondary N) is 2. The molecule has 0 saturated heterocycles. The van der Waals surface area contributed by atoms with E-state index in [1.807, 2.05) is 13.8 Å². The molecule has 0 aromatic heterocycles. The summed E-state index contributed by atoms with van der Waals surface area (Å²) in [5.41, 5.74) is 0.473. The van der Waals surface area contributed by atoms with Crippen molar-refractivity contribution in [3.8, 4) is 5.75 Å². The Kier molecular flexibility index (Phi) is 5.38. The molecule has 0 bridgehead atoms. The van der Waals surface area contributed by atoms with Gasteiger partial charge in [0.1, 0.15) is 5.75 Å². The van der Waals surface area contributed by atoms with Gasteiger partial charge in [-0.15, -0.1) is 0 Å². The summed E-state index contributed by atoms with van der Waals surface area (Å²) < 4.78 is 37.5. The van der Waals surface area contributed by atoms with Gasteiger partial charge in [-0.2, -0.15) is 0 Å². The van der Waals surface area contributed by atoms with Crippen molar-refractivity contribution in [2.75, 3.05) is 25.1 Å². The molecule has 1 aliphatic rings. The van der Waals surface area contributed by atoms with Crippen molar-refractivity contribution >= 4 is 21.6 Å². The summed E-state index contributed by atoms with van der Waals surface area (Å²) in [6, 6.07) is 4.35. The number of hydrogen-bond donors (Lipinski definition) is 2. The minimum atomic E-state index is -3.61. The van der Waals surface area contributed by atoms with Gasteiger partial charge in [0.05, 0.1) is 16.7 Å². The smallest absolute Gasteiger partial charge is 0.262 e. The van der Waals surface area contributed by atoms with Crippen LogP contribution in [0.1, 0.15) is 20.3 Å². The average Bonchev–Trinajstić information content (AvgIpc) is 2.45. The molecule has 22 heavy (non-hydrogen) atoms. The lowest BCUT2D eigenvalue weighted by Crippen LogP contribution is -2.27. The molecule has 1 aromatic carbocycles. The van der Waals surface area contributed by atoms with E-state index >= 15 is 0 Å². The molecule has 2 rings (SSSR count). The molecule has 0 radical (unpaired) electrons. The number of rotatable bonds is 7. The zero-order valence-electron chi connectivity index (χ0n) is 12.6. The Labute approximate surface area is 130 Å². The van der Waals surface area contributed by atoms with Crippen molar-refractivity contribution in [1.29, 1.82) is 0 Å². The van der Waals surface area contributed by atoms with E-state index < -0.39 is 10.0 Å². The lowest BCUT2D eigenvalue weighted by atomic mass is 10.2. The van der Waals surface area contributed by atoms with E-state index in [9.17, 15) is 13.2 Å². The topological polar surface area (TPSA) is 93.7 Å². The molecule has 2 N–H and O–H groups in total. The first-order chi connectivity index (χ1) is 10.4. The number of carbonyl (C=O) groups is 1. The molecule has 0 fully saturated rings. The molecule has 0 unspecified atom stereocenters. The Morgan fingerprint density at radius 1 is 1.41 bits per heavy atom. The Morgan fingerprint density at radius 2 is 2.18 bits per heavy atom. The van der Waals surface area contributed by atoms with Gasteiger partial charge in [-0.25, -0.2) is 13.1 Å². The molecule has 1 aromatic rings. The summed E-state index contributed by atoms with van der Waals surface area (Å²) in [5, 5.41) is 2.61. The normalized spacial score (nSPS) is 14.4. The van der Waals surface area contributed by atoms with Crippen molar-refractivity contribution in [3.05, 3.63) is 18.2 Å². The molecule has 0 spiro atoms. The third-order valence-corrected chi connectivity index (χ3v) is 4.42. The summed E-state index contributed by atoms with van der Waals surface area (Å²) in [5.74, 6) is 0.0944. The SMILES string of the molecule is CC(C)OCCCNS(=O)(=O)c1ccc2c(c1)OCC(=O)N2. The van der Waals surface area contributed by atoms with Crippen molar-refractivity contribution in [3.63, 3.8) is 0 Å². The third kappa shape index (κ3) is 4.43. The molecule has 122 valence electrons. The van der Waals surface area contributed by atoms with Crippen LogP contribution in [0.25, 0.3) is 0 Å². The van der Waals surface area contributed by atoms with Crippen LogP contribution in [0.3, 0.4) is 0 Å². The van der Waals surface area contributed by atoms with Gasteiger partial charge >= 0.3 is 0 Å². The summed E-state index contributed by atoms with van der Waals surface area (Å²) in [7, 11) is -3.61. The van der Waals surface area contributed by atoms with Crippen LogP contribution in [-0.2, 0) is 19.6 Å². The van der Waals surface area contributed by atoms with Crippen LogP contribution >= 0.6 is 0 Å². The lowest BCUT2D eigenvalue weighted by Gasteiger charge is -2.18. The quantitative estimate of drug-likeness (QED) is 0.731. The van der Waals surface area contributed by atoms with Crippen LogP contribution in [0, 0.1) is 0 Å². The average molecular weight is 328 g/mol. The standard InChI is InChI=1S/C14H20N2O5S/c1-10(2)20-7-3-6-15-22(18,19)11-4-5-12-13(8-11)21-9-14(17)16-12/h4-5,8,10,15H,3,6-7,9H2,1-2H3,(H,16,17). The molecule has 0 aliphatic carbocycles. The Bertz CT molecular complexity index is 643. The van der Waals surface area contributed by atoms with E-state index in [0.717, 1.165) is 0 Å². The molecule has 1 heterocycles. The zero-order chi connectivity index (χ0) is 16.2.